The molecule has 118 valence electrons. The molecule has 0 bridgehead atoms. The van der Waals surface area contributed by atoms with Crippen LogP contribution in [0.5, 0.6) is 0 Å². The lowest BCUT2D eigenvalue weighted by Crippen LogP contribution is -2.37. The normalized spacial score (nSPS) is 24.0. The molecule has 21 heavy (non-hydrogen) atoms. The summed E-state index contributed by atoms with van der Waals surface area (Å²) in [7, 11) is 2.04. The second-order valence-corrected chi connectivity index (χ2v) is 6.80. The predicted octanol–water partition coefficient (Wildman–Crippen LogP) is 4.77. The van der Waals surface area contributed by atoms with Gasteiger partial charge in [0.1, 0.15) is 0 Å². The van der Waals surface area contributed by atoms with Gasteiger partial charge < -0.3 is 5.32 Å². The van der Waals surface area contributed by atoms with E-state index < -0.39 is 0 Å². The van der Waals surface area contributed by atoms with Crippen molar-refractivity contribution in [3.8, 4) is 0 Å². The zero-order valence-electron chi connectivity index (χ0n) is 13.0. The Balaban J connectivity index is 2.37. The minimum Gasteiger partial charge on any atom is -0.319 e. The van der Waals surface area contributed by atoms with Gasteiger partial charge in [0.2, 0.25) is 0 Å². The number of hydrogen-bond acceptors (Lipinski definition) is 2. The fourth-order valence-electron chi connectivity index (χ4n) is 3.52. The zero-order valence-corrected chi connectivity index (χ0v) is 14.6. The molecule has 2 nitrogen and oxygen atoms in total. The number of benzene rings is 1. The summed E-state index contributed by atoms with van der Waals surface area (Å²) in [5.74, 6) is 0.600. The molecule has 0 saturated carbocycles. The van der Waals surface area contributed by atoms with E-state index in [1.165, 1.54) is 31.2 Å². The van der Waals surface area contributed by atoms with Gasteiger partial charge in [0.25, 0.3) is 0 Å². The van der Waals surface area contributed by atoms with Crippen molar-refractivity contribution in [3.05, 3.63) is 33.8 Å². The van der Waals surface area contributed by atoms with Gasteiger partial charge in [-0.1, -0.05) is 42.6 Å². The van der Waals surface area contributed by atoms with Crippen molar-refractivity contribution in [1.82, 2.24) is 10.2 Å². The molecular formula is C17H26Cl2N2. The summed E-state index contributed by atoms with van der Waals surface area (Å²) in [6, 6.07) is 6.36. The van der Waals surface area contributed by atoms with E-state index in [-0.39, 0.29) is 0 Å². The standard InChI is InChI=1S/C17H26Cl2N2/c1-3-9-21-10-5-4-6-13(12-20-2)17(21)15-8-7-14(18)11-16(15)19/h7-8,11,13,17,20H,3-6,9-10,12H2,1-2H3. The molecule has 1 aliphatic rings. The van der Waals surface area contributed by atoms with Crippen molar-refractivity contribution in [3.63, 3.8) is 0 Å². The van der Waals surface area contributed by atoms with Gasteiger partial charge in [-0.3, -0.25) is 4.90 Å². The van der Waals surface area contributed by atoms with Gasteiger partial charge in [-0.15, -0.1) is 0 Å². The Morgan fingerprint density at radius 2 is 2.10 bits per heavy atom. The van der Waals surface area contributed by atoms with Gasteiger partial charge in [0, 0.05) is 16.1 Å². The van der Waals surface area contributed by atoms with E-state index in [4.69, 9.17) is 23.2 Å². The molecule has 1 aliphatic heterocycles. The van der Waals surface area contributed by atoms with Crippen LogP contribution in [0.2, 0.25) is 10.0 Å². The van der Waals surface area contributed by atoms with Crippen LogP contribution in [0, 0.1) is 5.92 Å². The molecule has 1 aromatic carbocycles. The first-order chi connectivity index (χ1) is 10.2. The Morgan fingerprint density at radius 3 is 2.76 bits per heavy atom. The van der Waals surface area contributed by atoms with Crippen LogP contribution in [-0.4, -0.2) is 31.6 Å². The molecule has 0 aromatic heterocycles. The second-order valence-electron chi connectivity index (χ2n) is 5.96. The molecule has 2 unspecified atom stereocenters. The van der Waals surface area contributed by atoms with Gasteiger partial charge in [-0.25, -0.2) is 0 Å². The van der Waals surface area contributed by atoms with E-state index in [0.717, 1.165) is 24.7 Å². The molecule has 1 N–H and O–H groups in total. The van der Waals surface area contributed by atoms with Crippen LogP contribution in [0.1, 0.15) is 44.2 Å². The molecule has 1 fully saturated rings. The average molecular weight is 329 g/mol. The van der Waals surface area contributed by atoms with Crippen LogP contribution in [0.3, 0.4) is 0 Å². The fourth-order valence-corrected chi connectivity index (χ4v) is 4.04. The molecule has 1 aromatic rings. The zero-order chi connectivity index (χ0) is 15.2. The van der Waals surface area contributed by atoms with E-state index in [9.17, 15) is 0 Å². The highest BCUT2D eigenvalue weighted by molar-refractivity contribution is 6.35. The Hall–Kier alpha value is -0.280. The smallest absolute Gasteiger partial charge is 0.0468 e. The Morgan fingerprint density at radius 1 is 1.29 bits per heavy atom. The Labute approximate surface area is 138 Å². The first kappa shape index (κ1) is 17.1. The van der Waals surface area contributed by atoms with Gasteiger partial charge in [-0.2, -0.15) is 0 Å². The van der Waals surface area contributed by atoms with Crippen molar-refractivity contribution in [2.45, 2.75) is 38.6 Å². The first-order valence-corrected chi connectivity index (χ1v) is 8.76. The lowest BCUT2D eigenvalue weighted by Gasteiger charge is -2.36. The maximum Gasteiger partial charge on any atom is 0.0468 e. The molecule has 1 heterocycles. The van der Waals surface area contributed by atoms with Crippen molar-refractivity contribution >= 4 is 23.2 Å². The van der Waals surface area contributed by atoms with Gasteiger partial charge in [-0.05, 0) is 69.6 Å². The molecule has 0 radical (unpaired) electrons. The van der Waals surface area contributed by atoms with E-state index >= 15 is 0 Å². The van der Waals surface area contributed by atoms with Crippen molar-refractivity contribution in [1.29, 1.82) is 0 Å². The molecule has 0 spiro atoms. The molecular weight excluding hydrogens is 303 g/mol. The van der Waals surface area contributed by atoms with Crippen LogP contribution < -0.4 is 5.32 Å². The van der Waals surface area contributed by atoms with Gasteiger partial charge >= 0.3 is 0 Å². The lowest BCUT2D eigenvalue weighted by molar-refractivity contribution is 0.155. The maximum absolute atomic E-state index is 6.52. The summed E-state index contributed by atoms with van der Waals surface area (Å²) in [6.07, 6.45) is 5.01. The summed E-state index contributed by atoms with van der Waals surface area (Å²) in [6.45, 7) is 5.57. The molecule has 4 heteroatoms. The SMILES string of the molecule is CCCN1CCCCC(CNC)C1c1ccc(Cl)cc1Cl. The van der Waals surface area contributed by atoms with E-state index in [0.29, 0.717) is 17.0 Å². The van der Waals surface area contributed by atoms with E-state index in [1.807, 2.05) is 19.2 Å². The van der Waals surface area contributed by atoms with Crippen LogP contribution in [0.15, 0.2) is 18.2 Å². The van der Waals surface area contributed by atoms with E-state index in [2.05, 4.69) is 23.2 Å². The van der Waals surface area contributed by atoms with Gasteiger partial charge in [0.05, 0.1) is 0 Å². The van der Waals surface area contributed by atoms with Gasteiger partial charge in [0.15, 0.2) is 0 Å². The molecule has 1 saturated heterocycles. The van der Waals surface area contributed by atoms with Crippen LogP contribution >= 0.6 is 23.2 Å². The largest absolute Gasteiger partial charge is 0.319 e. The predicted molar refractivity (Wildman–Crippen MR) is 92.3 cm³/mol. The highest BCUT2D eigenvalue weighted by Gasteiger charge is 2.31. The monoisotopic (exact) mass is 328 g/mol. The molecule has 0 aliphatic carbocycles. The summed E-state index contributed by atoms with van der Waals surface area (Å²) in [5, 5.41) is 4.88. The minimum atomic E-state index is 0.393. The summed E-state index contributed by atoms with van der Waals surface area (Å²) < 4.78 is 0. The molecule has 2 rings (SSSR count). The van der Waals surface area contributed by atoms with Crippen molar-refractivity contribution in [2.75, 3.05) is 26.7 Å². The fraction of sp³-hybridized carbons (Fsp3) is 0.647. The maximum atomic E-state index is 6.52. The Kier molecular flexibility index (Phi) is 6.81. The quantitative estimate of drug-likeness (QED) is 0.837. The summed E-state index contributed by atoms with van der Waals surface area (Å²) in [5.41, 5.74) is 1.23. The lowest BCUT2D eigenvalue weighted by atomic mass is 9.89. The number of nitrogens with zero attached hydrogens (tertiary/aromatic N) is 1. The topological polar surface area (TPSA) is 15.3 Å². The third-order valence-electron chi connectivity index (χ3n) is 4.37. The van der Waals surface area contributed by atoms with Crippen molar-refractivity contribution < 1.29 is 0 Å². The van der Waals surface area contributed by atoms with Crippen LogP contribution in [0.4, 0.5) is 0 Å². The summed E-state index contributed by atoms with van der Waals surface area (Å²) in [4.78, 5) is 2.62. The first-order valence-electron chi connectivity index (χ1n) is 8.01. The minimum absolute atomic E-state index is 0.393. The number of likely N-dealkylation sites (tertiary alicyclic amines) is 1. The third-order valence-corrected chi connectivity index (χ3v) is 4.93. The van der Waals surface area contributed by atoms with E-state index in [1.54, 1.807) is 0 Å². The second kappa shape index (κ2) is 8.38. The summed E-state index contributed by atoms with van der Waals surface area (Å²) >= 11 is 12.6. The Bertz CT molecular complexity index is 434. The number of hydrogen-bond donors (Lipinski definition) is 1. The van der Waals surface area contributed by atoms with Crippen molar-refractivity contribution in [2.24, 2.45) is 5.92 Å². The molecule has 2 atom stereocenters. The number of rotatable bonds is 5. The number of halogens is 2. The molecule has 0 amide bonds. The number of nitrogens with one attached hydrogen (secondary N) is 1. The third kappa shape index (κ3) is 4.35. The highest BCUT2D eigenvalue weighted by Crippen LogP contribution is 2.38. The average Bonchev–Trinajstić information content (AvgIpc) is 2.63. The van der Waals surface area contributed by atoms with Crippen LogP contribution in [0.25, 0.3) is 0 Å². The highest BCUT2D eigenvalue weighted by atomic mass is 35.5. The van der Waals surface area contributed by atoms with Crippen LogP contribution in [-0.2, 0) is 0 Å².